The minimum atomic E-state index is -0.497. The van der Waals surface area contributed by atoms with Gasteiger partial charge in [0.1, 0.15) is 5.75 Å². The van der Waals surface area contributed by atoms with Crippen LogP contribution >= 0.6 is 0 Å². The van der Waals surface area contributed by atoms with Crippen LogP contribution in [0.2, 0.25) is 0 Å². The standard InChI is InChI=1S/C27H27N3O4/c1-18-6-5-7-21(14-18)30-17-20(15-25(30)31)26(32)29-24-9-4-3-8-23(24)27(33)28-16-19-10-12-22(34-2)13-11-19/h3-14,20H,15-17H2,1-2H3,(H,28,33)(H,29,32)/t20-/m0/s1. The van der Waals surface area contributed by atoms with Crippen LogP contribution in [0.25, 0.3) is 0 Å². The fourth-order valence-electron chi connectivity index (χ4n) is 3.97. The molecule has 1 saturated heterocycles. The lowest BCUT2D eigenvalue weighted by Crippen LogP contribution is -2.29. The molecule has 0 spiro atoms. The number of methoxy groups -OCH3 is 1. The van der Waals surface area contributed by atoms with Crippen LogP contribution < -0.4 is 20.3 Å². The second kappa shape index (κ2) is 10.2. The highest BCUT2D eigenvalue weighted by Gasteiger charge is 2.35. The Morgan fingerprint density at radius 3 is 2.53 bits per heavy atom. The maximum atomic E-state index is 13.0. The van der Waals surface area contributed by atoms with Crippen LogP contribution in [0.15, 0.2) is 72.8 Å². The number of aryl methyl sites for hydroxylation is 1. The van der Waals surface area contributed by atoms with E-state index in [4.69, 9.17) is 4.74 Å². The highest BCUT2D eigenvalue weighted by molar-refractivity contribution is 6.07. The predicted octanol–water partition coefficient (Wildman–Crippen LogP) is 3.93. The number of hydrogen-bond donors (Lipinski definition) is 2. The van der Waals surface area contributed by atoms with E-state index in [1.54, 1.807) is 36.3 Å². The molecule has 0 saturated carbocycles. The number of nitrogens with one attached hydrogen (secondary N) is 2. The largest absolute Gasteiger partial charge is 0.497 e. The third-order valence-electron chi connectivity index (χ3n) is 5.85. The summed E-state index contributed by atoms with van der Waals surface area (Å²) in [5.41, 5.74) is 3.55. The smallest absolute Gasteiger partial charge is 0.253 e. The molecule has 3 aromatic rings. The minimum Gasteiger partial charge on any atom is -0.497 e. The Kier molecular flexibility index (Phi) is 6.92. The predicted molar refractivity (Wildman–Crippen MR) is 131 cm³/mol. The van der Waals surface area contributed by atoms with Gasteiger partial charge in [0, 0.05) is 25.2 Å². The molecule has 0 unspecified atom stereocenters. The van der Waals surface area contributed by atoms with E-state index < -0.39 is 5.92 Å². The van der Waals surface area contributed by atoms with E-state index in [1.807, 2.05) is 55.5 Å². The van der Waals surface area contributed by atoms with Gasteiger partial charge in [0.05, 0.1) is 24.3 Å². The van der Waals surface area contributed by atoms with E-state index in [0.717, 1.165) is 22.6 Å². The van der Waals surface area contributed by atoms with Crippen LogP contribution in [-0.2, 0) is 16.1 Å². The number of anilines is 2. The van der Waals surface area contributed by atoms with Crippen LogP contribution in [0.4, 0.5) is 11.4 Å². The van der Waals surface area contributed by atoms with Crippen molar-refractivity contribution in [1.29, 1.82) is 0 Å². The van der Waals surface area contributed by atoms with Gasteiger partial charge in [0.2, 0.25) is 11.8 Å². The number of nitrogens with zero attached hydrogens (tertiary/aromatic N) is 1. The zero-order valence-electron chi connectivity index (χ0n) is 19.2. The Morgan fingerprint density at radius 2 is 1.79 bits per heavy atom. The Hall–Kier alpha value is -4.13. The fourth-order valence-corrected chi connectivity index (χ4v) is 3.97. The molecule has 1 fully saturated rings. The number of amides is 3. The van der Waals surface area contributed by atoms with Crippen molar-refractivity contribution in [2.45, 2.75) is 19.9 Å². The summed E-state index contributed by atoms with van der Waals surface area (Å²) in [5, 5.41) is 5.74. The van der Waals surface area contributed by atoms with Gasteiger partial charge in [0.15, 0.2) is 0 Å². The zero-order valence-corrected chi connectivity index (χ0v) is 19.2. The number of benzene rings is 3. The number of para-hydroxylation sites is 1. The molecule has 0 aliphatic carbocycles. The van der Waals surface area contributed by atoms with Gasteiger partial charge in [-0.3, -0.25) is 14.4 Å². The number of carbonyl (C=O) groups is 3. The number of hydrogen-bond acceptors (Lipinski definition) is 4. The first-order valence-electron chi connectivity index (χ1n) is 11.1. The van der Waals surface area contributed by atoms with Gasteiger partial charge in [-0.1, -0.05) is 36.4 Å². The summed E-state index contributed by atoms with van der Waals surface area (Å²) in [6, 6.07) is 21.9. The first-order chi connectivity index (χ1) is 16.4. The van der Waals surface area contributed by atoms with Crippen molar-refractivity contribution in [3.8, 4) is 5.75 Å². The highest BCUT2D eigenvalue weighted by Crippen LogP contribution is 2.27. The third kappa shape index (κ3) is 5.26. The molecule has 3 amide bonds. The molecule has 2 N–H and O–H groups in total. The second-order valence-corrected chi connectivity index (χ2v) is 8.31. The minimum absolute atomic E-state index is 0.0868. The second-order valence-electron chi connectivity index (χ2n) is 8.31. The van der Waals surface area contributed by atoms with Crippen molar-refractivity contribution in [2.24, 2.45) is 5.92 Å². The first kappa shape index (κ1) is 23.0. The Balaban J connectivity index is 1.40. The molecular formula is C27H27N3O4. The van der Waals surface area contributed by atoms with E-state index in [-0.39, 0.29) is 24.1 Å². The molecular weight excluding hydrogens is 430 g/mol. The third-order valence-corrected chi connectivity index (χ3v) is 5.85. The summed E-state index contributed by atoms with van der Waals surface area (Å²) in [4.78, 5) is 40.0. The fraction of sp³-hybridized carbons (Fsp3) is 0.222. The van der Waals surface area contributed by atoms with Gasteiger partial charge < -0.3 is 20.3 Å². The molecule has 4 rings (SSSR count). The average Bonchev–Trinajstić information content (AvgIpc) is 3.25. The summed E-state index contributed by atoms with van der Waals surface area (Å²) in [6.07, 6.45) is 0.131. The van der Waals surface area contributed by atoms with E-state index >= 15 is 0 Å². The first-order valence-corrected chi connectivity index (χ1v) is 11.1. The quantitative estimate of drug-likeness (QED) is 0.563. The topological polar surface area (TPSA) is 87.7 Å². The van der Waals surface area contributed by atoms with E-state index in [2.05, 4.69) is 10.6 Å². The number of carbonyl (C=O) groups excluding carboxylic acids is 3. The molecule has 7 nitrogen and oxygen atoms in total. The Morgan fingerprint density at radius 1 is 1.03 bits per heavy atom. The van der Waals surface area contributed by atoms with Crippen molar-refractivity contribution in [3.05, 3.63) is 89.5 Å². The molecule has 1 aliphatic rings. The van der Waals surface area contributed by atoms with Crippen molar-refractivity contribution in [3.63, 3.8) is 0 Å². The van der Waals surface area contributed by atoms with Gasteiger partial charge in [-0.2, -0.15) is 0 Å². The summed E-state index contributed by atoms with van der Waals surface area (Å²) < 4.78 is 5.15. The molecule has 1 heterocycles. The van der Waals surface area contributed by atoms with E-state index in [9.17, 15) is 14.4 Å². The van der Waals surface area contributed by atoms with Crippen LogP contribution in [0.5, 0.6) is 5.75 Å². The van der Waals surface area contributed by atoms with Gasteiger partial charge in [-0.15, -0.1) is 0 Å². The van der Waals surface area contributed by atoms with Gasteiger partial charge in [-0.05, 0) is 54.4 Å². The highest BCUT2D eigenvalue weighted by atomic mass is 16.5. The monoisotopic (exact) mass is 457 g/mol. The lowest BCUT2D eigenvalue weighted by Gasteiger charge is -2.17. The lowest BCUT2D eigenvalue weighted by molar-refractivity contribution is -0.122. The van der Waals surface area contributed by atoms with Crippen LogP contribution in [0.3, 0.4) is 0 Å². The van der Waals surface area contributed by atoms with Gasteiger partial charge in [-0.25, -0.2) is 0 Å². The SMILES string of the molecule is COc1ccc(CNC(=O)c2ccccc2NC(=O)[C@H]2CC(=O)N(c3cccc(C)c3)C2)cc1. The normalized spacial score (nSPS) is 15.2. The number of ether oxygens (including phenoxy) is 1. The summed E-state index contributed by atoms with van der Waals surface area (Å²) in [7, 11) is 1.60. The molecule has 174 valence electrons. The Labute approximate surface area is 198 Å². The average molecular weight is 458 g/mol. The van der Waals surface area contributed by atoms with Crippen molar-refractivity contribution in [2.75, 3.05) is 23.9 Å². The molecule has 1 aliphatic heterocycles. The molecule has 0 radical (unpaired) electrons. The van der Waals surface area contributed by atoms with E-state index in [0.29, 0.717) is 24.3 Å². The van der Waals surface area contributed by atoms with Crippen molar-refractivity contribution < 1.29 is 19.1 Å². The maximum Gasteiger partial charge on any atom is 0.253 e. The van der Waals surface area contributed by atoms with Gasteiger partial charge in [0.25, 0.3) is 5.91 Å². The summed E-state index contributed by atoms with van der Waals surface area (Å²) in [6.45, 7) is 2.61. The van der Waals surface area contributed by atoms with Crippen LogP contribution in [-0.4, -0.2) is 31.4 Å². The summed E-state index contributed by atoms with van der Waals surface area (Å²) >= 11 is 0. The van der Waals surface area contributed by atoms with Crippen LogP contribution in [0, 0.1) is 12.8 Å². The molecule has 34 heavy (non-hydrogen) atoms. The molecule has 0 bridgehead atoms. The molecule has 3 aromatic carbocycles. The lowest BCUT2D eigenvalue weighted by atomic mass is 10.1. The van der Waals surface area contributed by atoms with Gasteiger partial charge >= 0.3 is 0 Å². The summed E-state index contributed by atoms with van der Waals surface area (Å²) in [5.74, 6) is -0.413. The maximum absolute atomic E-state index is 13.0. The van der Waals surface area contributed by atoms with Crippen molar-refractivity contribution in [1.82, 2.24) is 5.32 Å². The number of rotatable bonds is 7. The molecule has 0 aromatic heterocycles. The van der Waals surface area contributed by atoms with Crippen molar-refractivity contribution >= 4 is 29.1 Å². The molecule has 7 heteroatoms. The zero-order chi connectivity index (χ0) is 24.1. The van der Waals surface area contributed by atoms with Crippen LogP contribution in [0.1, 0.15) is 27.9 Å². The molecule has 1 atom stereocenters. The Bertz CT molecular complexity index is 1210. The van der Waals surface area contributed by atoms with E-state index in [1.165, 1.54) is 0 Å².